The molecular weight excluding hydrogens is 478 g/mol. The summed E-state index contributed by atoms with van der Waals surface area (Å²) in [5, 5.41) is 10.9. The van der Waals surface area contributed by atoms with Gasteiger partial charge in [-0.15, -0.1) is 5.10 Å². The molecular formula is C27H23N3O5S. The Morgan fingerprint density at radius 2 is 1.61 bits per heavy atom. The van der Waals surface area contributed by atoms with Crippen LogP contribution in [0.2, 0.25) is 0 Å². The molecule has 0 aliphatic carbocycles. The normalized spacial score (nSPS) is 15.3. The molecule has 36 heavy (non-hydrogen) atoms. The van der Waals surface area contributed by atoms with Gasteiger partial charge in [-0.1, -0.05) is 60.7 Å². The molecule has 0 unspecified atom stereocenters. The number of amides is 1. The highest BCUT2D eigenvalue weighted by atomic mass is 32.2. The zero-order valence-corrected chi connectivity index (χ0v) is 20.2. The molecule has 3 aromatic carbocycles. The summed E-state index contributed by atoms with van der Waals surface area (Å²) in [6.07, 6.45) is 2.64. The Kier molecular flexibility index (Phi) is 8.50. The van der Waals surface area contributed by atoms with Gasteiger partial charge in [-0.2, -0.15) is 5.10 Å². The van der Waals surface area contributed by atoms with E-state index in [1.807, 2.05) is 78.9 Å². The van der Waals surface area contributed by atoms with Crippen LogP contribution in [-0.4, -0.2) is 30.4 Å². The van der Waals surface area contributed by atoms with E-state index in [0.717, 1.165) is 29.0 Å². The molecule has 0 bridgehead atoms. The van der Waals surface area contributed by atoms with E-state index in [-0.39, 0.29) is 10.1 Å². The van der Waals surface area contributed by atoms with Crippen LogP contribution in [0, 0.1) is 0 Å². The van der Waals surface area contributed by atoms with E-state index in [2.05, 4.69) is 20.3 Å². The van der Waals surface area contributed by atoms with Gasteiger partial charge >= 0.3 is 5.97 Å². The SMILES string of the molecule is COC(=O)/C=C1/S/C(=N\N=Cc2ccc(OCc3ccccc3)cc2OCc2ccccc2)NC1=O. The van der Waals surface area contributed by atoms with E-state index in [1.165, 1.54) is 13.3 Å². The van der Waals surface area contributed by atoms with E-state index in [1.54, 1.807) is 0 Å². The van der Waals surface area contributed by atoms with Crippen molar-refractivity contribution in [2.24, 2.45) is 10.2 Å². The molecule has 182 valence electrons. The standard InChI is InChI=1S/C27H23N3O5S/c1-33-25(31)15-24-26(32)29-27(36-24)30-28-16-21-12-13-22(34-17-19-8-4-2-5-9-19)14-23(21)35-18-20-10-6-3-7-11-20/h2-16H,17-18H2,1H3,(H,29,30,32)/b24-15+,28-16?. The zero-order chi connectivity index (χ0) is 25.2. The van der Waals surface area contributed by atoms with Crippen LogP contribution in [-0.2, 0) is 27.5 Å². The summed E-state index contributed by atoms with van der Waals surface area (Å²) in [7, 11) is 1.24. The lowest BCUT2D eigenvalue weighted by atomic mass is 10.2. The van der Waals surface area contributed by atoms with Crippen molar-refractivity contribution < 1.29 is 23.8 Å². The molecule has 1 aliphatic rings. The second-order valence-corrected chi connectivity index (χ2v) is 8.52. The van der Waals surface area contributed by atoms with Gasteiger partial charge < -0.3 is 14.2 Å². The zero-order valence-electron chi connectivity index (χ0n) is 19.4. The second kappa shape index (κ2) is 12.4. The Bertz CT molecular complexity index is 1310. The molecule has 1 aliphatic heterocycles. The van der Waals surface area contributed by atoms with Gasteiger partial charge in [0.2, 0.25) is 0 Å². The number of nitrogens with zero attached hydrogens (tertiary/aromatic N) is 2. The molecule has 0 radical (unpaired) electrons. The van der Waals surface area contributed by atoms with Crippen LogP contribution in [0.4, 0.5) is 0 Å². The van der Waals surface area contributed by atoms with Gasteiger partial charge in [0, 0.05) is 17.7 Å². The minimum absolute atomic E-state index is 0.183. The van der Waals surface area contributed by atoms with Crippen molar-refractivity contribution in [3.63, 3.8) is 0 Å². The summed E-state index contributed by atoms with van der Waals surface area (Å²) in [5.74, 6) is 0.169. The summed E-state index contributed by atoms with van der Waals surface area (Å²) in [6, 6.07) is 25.2. The minimum Gasteiger partial charge on any atom is -0.489 e. The Morgan fingerprint density at radius 1 is 0.944 bits per heavy atom. The Hall–Kier alpha value is -4.37. The summed E-state index contributed by atoms with van der Waals surface area (Å²) in [4.78, 5) is 23.5. The first kappa shape index (κ1) is 24.7. The number of rotatable bonds is 9. The largest absolute Gasteiger partial charge is 0.489 e. The van der Waals surface area contributed by atoms with E-state index in [9.17, 15) is 9.59 Å². The molecule has 1 N–H and O–H groups in total. The molecule has 4 rings (SSSR count). The van der Waals surface area contributed by atoms with E-state index < -0.39 is 11.9 Å². The molecule has 1 fully saturated rings. The Balaban J connectivity index is 1.49. The minimum atomic E-state index is -0.618. The fraction of sp³-hybridized carbons (Fsp3) is 0.111. The summed E-state index contributed by atoms with van der Waals surface area (Å²) in [5.41, 5.74) is 2.76. The van der Waals surface area contributed by atoms with Crippen molar-refractivity contribution >= 4 is 35.0 Å². The van der Waals surface area contributed by atoms with Crippen molar-refractivity contribution in [3.05, 3.63) is 107 Å². The van der Waals surface area contributed by atoms with Gasteiger partial charge in [0.25, 0.3) is 5.91 Å². The summed E-state index contributed by atoms with van der Waals surface area (Å²) >= 11 is 1.00. The number of methoxy groups -OCH3 is 1. The molecule has 0 atom stereocenters. The Labute approximate surface area is 212 Å². The van der Waals surface area contributed by atoms with Gasteiger partial charge in [-0.3, -0.25) is 10.1 Å². The van der Waals surface area contributed by atoms with Crippen molar-refractivity contribution in [2.75, 3.05) is 7.11 Å². The molecule has 0 saturated carbocycles. The van der Waals surface area contributed by atoms with E-state index in [0.29, 0.717) is 30.3 Å². The van der Waals surface area contributed by atoms with Crippen LogP contribution in [0.5, 0.6) is 11.5 Å². The lowest BCUT2D eigenvalue weighted by molar-refractivity contribution is -0.135. The average Bonchev–Trinajstić information content (AvgIpc) is 3.26. The first-order chi connectivity index (χ1) is 17.6. The molecule has 8 nitrogen and oxygen atoms in total. The predicted octanol–water partition coefficient (Wildman–Crippen LogP) is 4.45. The number of esters is 1. The maximum Gasteiger partial charge on any atom is 0.331 e. The van der Waals surface area contributed by atoms with Crippen molar-refractivity contribution in [2.45, 2.75) is 13.2 Å². The Morgan fingerprint density at radius 3 is 2.28 bits per heavy atom. The quantitative estimate of drug-likeness (QED) is 0.201. The van der Waals surface area contributed by atoms with Crippen LogP contribution in [0.25, 0.3) is 0 Å². The fourth-order valence-electron chi connectivity index (χ4n) is 3.10. The summed E-state index contributed by atoms with van der Waals surface area (Å²) in [6.45, 7) is 0.796. The van der Waals surface area contributed by atoms with Gasteiger partial charge in [0.15, 0.2) is 5.17 Å². The highest BCUT2D eigenvalue weighted by Crippen LogP contribution is 2.26. The van der Waals surface area contributed by atoms with Gasteiger partial charge in [0.1, 0.15) is 24.7 Å². The third-order valence-corrected chi connectivity index (χ3v) is 5.82. The first-order valence-electron chi connectivity index (χ1n) is 11.0. The number of amidine groups is 1. The lowest BCUT2D eigenvalue weighted by Crippen LogP contribution is -2.19. The third kappa shape index (κ3) is 7.07. The molecule has 9 heteroatoms. The van der Waals surface area contributed by atoms with E-state index >= 15 is 0 Å². The number of carbonyl (C=O) groups excluding carboxylic acids is 2. The van der Waals surface area contributed by atoms with Gasteiger partial charge in [0.05, 0.1) is 18.2 Å². The molecule has 0 spiro atoms. The van der Waals surface area contributed by atoms with Gasteiger partial charge in [-0.25, -0.2) is 4.79 Å². The van der Waals surface area contributed by atoms with Crippen LogP contribution in [0.3, 0.4) is 0 Å². The van der Waals surface area contributed by atoms with Crippen LogP contribution < -0.4 is 14.8 Å². The second-order valence-electron chi connectivity index (χ2n) is 7.49. The molecule has 0 aromatic heterocycles. The van der Waals surface area contributed by atoms with Crippen LogP contribution in [0.15, 0.2) is 100 Å². The monoisotopic (exact) mass is 501 g/mol. The fourth-order valence-corrected chi connectivity index (χ4v) is 3.84. The predicted molar refractivity (Wildman–Crippen MR) is 139 cm³/mol. The highest BCUT2D eigenvalue weighted by Gasteiger charge is 2.25. The smallest absolute Gasteiger partial charge is 0.331 e. The van der Waals surface area contributed by atoms with Crippen molar-refractivity contribution in [1.82, 2.24) is 5.32 Å². The number of ether oxygens (including phenoxy) is 3. The number of carbonyl (C=O) groups is 2. The van der Waals surface area contributed by atoms with E-state index in [4.69, 9.17) is 9.47 Å². The highest BCUT2D eigenvalue weighted by molar-refractivity contribution is 8.18. The molecule has 3 aromatic rings. The first-order valence-corrected chi connectivity index (χ1v) is 11.8. The number of thioether (sulfide) groups is 1. The van der Waals surface area contributed by atoms with Crippen molar-refractivity contribution in [1.29, 1.82) is 0 Å². The van der Waals surface area contributed by atoms with Crippen molar-refractivity contribution in [3.8, 4) is 11.5 Å². The van der Waals surface area contributed by atoms with Crippen LogP contribution >= 0.6 is 11.8 Å². The molecule has 1 saturated heterocycles. The maximum absolute atomic E-state index is 12.0. The van der Waals surface area contributed by atoms with Gasteiger partial charge in [-0.05, 0) is 35.0 Å². The number of nitrogens with one attached hydrogen (secondary N) is 1. The maximum atomic E-state index is 12.0. The lowest BCUT2D eigenvalue weighted by Gasteiger charge is -2.12. The molecule has 1 heterocycles. The number of benzene rings is 3. The topological polar surface area (TPSA) is 98.6 Å². The summed E-state index contributed by atoms with van der Waals surface area (Å²) < 4.78 is 16.6. The van der Waals surface area contributed by atoms with Crippen LogP contribution in [0.1, 0.15) is 16.7 Å². The average molecular weight is 502 g/mol. The third-order valence-electron chi connectivity index (χ3n) is 4.92. The molecule has 1 amide bonds. The number of hydrogen-bond acceptors (Lipinski definition) is 8. The number of hydrogen-bond donors (Lipinski definition) is 1.